The van der Waals surface area contributed by atoms with Crippen molar-refractivity contribution < 1.29 is 0 Å². The van der Waals surface area contributed by atoms with Gasteiger partial charge in [0.05, 0.1) is 0 Å². The van der Waals surface area contributed by atoms with Crippen LogP contribution in [-0.4, -0.2) is 41.9 Å². The first kappa shape index (κ1) is 15.6. The summed E-state index contributed by atoms with van der Waals surface area (Å²) in [6.45, 7) is 8.10. The average molecular weight is 252 g/mol. The van der Waals surface area contributed by atoms with Crippen LogP contribution in [0, 0.1) is 0 Å². The SMILES string of the molecule is CCN(CC)CCSCCCCCCCl. The Balaban J connectivity index is 3.04. The Bertz CT molecular complexity index is 118. The summed E-state index contributed by atoms with van der Waals surface area (Å²) in [5, 5.41) is 0. The Kier molecular flexibility index (Phi) is 13.2. The van der Waals surface area contributed by atoms with Gasteiger partial charge in [-0.2, -0.15) is 11.8 Å². The van der Waals surface area contributed by atoms with E-state index >= 15 is 0 Å². The van der Waals surface area contributed by atoms with Gasteiger partial charge in [-0.3, -0.25) is 0 Å². The van der Waals surface area contributed by atoms with Crippen molar-refractivity contribution in [2.45, 2.75) is 39.5 Å². The summed E-state index contributed by atoms with van der Waals surface area (Å²) in [4.78, 5) is 2.49. The Hall–Kier alpha value is 0.600. The van der Waals surface area contributed by atoms with Gasteiger partial charge in [0.25, 0.3) is 0 Å². The Morgan fingerprint density at radius 2 is 1.60 bits per heavy atom. The van der Waals surface area contributed by atoms with E-state index in [2.05, 4.69) is 30.5 Å². The van der Waals surface area contributed by atoms with Crippen molar-refractivity contribution in [3.05, 3.63) is 0 Å². The lowest BCUT2D eigenvalue weighted by Gasteiger charge is -2.17. The third-order valence-corrected chi connectivity index (χ3v) is 3.93. The first-order chi connectivity index (χ1) is 7.35. The molecule has 0 aromatic carbocycles. The lowest BCUT2D eigenvalue weighted by Crippen LogP contribution is -2.25. The molecule has 0 amide bonds. The molecule has 0 aliphatic rings. The lowest BCUT2D eigenvalue weighted by atomic mass is 10.2. The summed E-state index contributed by atoms with van der Waals surface area (Å²) in [6, 6.07) is 0. The highest BCUT2D eigenvalue weighted by atomic mass is 35.5. The Morgan fingerprint density at radius 1 is 0.933 bits per heavy atom. The molecule has 0 rings (SSSR count). The van der Waals surface area contributed by atoms with Gasteiger partial charge in [0.15, 0.2) is 0 Å². The molecule has 92 valence electrons. The molecule has 0 radical (unpaired) electrons. The molecule has 0 atom stereocenters. The van der Waals surface area contributed by atoms with Crippen LogP contribution in [0.25, 0.3) is 0 Å². The van der Waals surface area contributed by atoms with Crippen LogP contribution in [0.5, 0.6) is 0 Å². The van der Waals surface area contributed by atoms with E-state index in [9.17, 15) is 0 Å². The van der Waals surface area contributed by atoms with Crippen molar-refractivity contribution in [3.8, 4) is 0 Å². The number of halogens is 1. The fraction of sp³-hybridized carbons (Fsp3) is 1.00. The second-order valence-electron chi connectivity index (χ2n) is 3.74. The third kappa shape index (κ3) is 10.9. The van der Waals surface area contributed by atoms with E-state index in [1.807, 2.05) is 0 Å². The summed E-state index contributed by atoms with van der Waals surface area (Å²) in [5.74, 6) is 3.44. The van der Waals surface area contributed by atoms with Gasteiger partial charge < -0.3 is 4.90 Å². The summed E-state index contributed by atoms with van der Waals surface area (Å²) < 4.78 is 0. The van der Waals surface area contributed by atoms with Gasteiger partial charge in [0, 0.05) is 18.2 Å². The molecule has 0 heterocycles. The highest BCUT2D eigenvalue weighted by Crippen LogP contribution is 2.08. The minimum Gasteiger partial charge on any atom is -0.303 e. The van der Waals surface area contributed by atoms with E-state index in [-0.39, 0.29) is 0 Å². The van der Waals surface area contributed by atoms with Gasteiger partial charge in [-0.25, -0.2) is 0 Å². The zero-order chi connectivity index (χ0) is 11.4. The molecule has 0 aromatic rings. The number of unbranched alkanes of at least 4 members (excludes halogenated alkanes) is 3. The largest absolute Gasteiger partial charge is 0.303 e. The molecular weight excluding hydrogens is 226 g/mol. The molecule has 0 spiro atoms. The molecule has 3 heteroatoms. The van der Waals surface area contributed by atoms with Gasteiger partial charge >= 0.3 is 0 Å². The summed E-state index contributed by atoms with van der Waals surface area (Å²) in [5.41, 5.74) is 0. The molecule has 0 aliphatic heterocycles. The summed E-state index contributed by atoms with van der Waals surface area (Å²) in [7, 11) is 0. The van der Waals surface area contributed by atoms with Crippen molar-refractivity contribution in [1.29, 1.82) is 0 Å². The molecule has 0 aliphatic carbocycles. The molecule has 0 bridgehead atoms. The Morgan fingerprint density at radius 3 is 2.20 bits per heavy atom. The van der Waals surface area contributed by atoms with Crippen molar-refractivity contribution in [1.82, 2.24) is 4.90 Å². The molecule has 0 fully saturated rings. The summed E-state index contributed by atoms with van der Waals surface area (Å²) in [6.07, 6.45) is 5.20. The number of nitrogens with zero attached hydrogens (tertiary/aromatic N) is 1. The van der Waals surface area contributed by atoms with Crippen molar-refractivity contribution in [2.75, 3.05) is 37.0 Å². The number of hydrogen-bond donors (Lipinski definition) is 0. The highest BCUT2D eigenvalue weighted by Gasteiger charge is 1.97. The molecule has 0 N–H and O–H groups in total. The second kappa shape index (κ2) is 12.7. The predicted octanol–water partition coefficient (Wildman–Crippen LogP) is 3.86. The maximum Gasteiger partial charge on any atom is 0.0223 e. The van der Waals surface area contributed by atoms with Gasteiger partial charge in [-0.15, -0.1) is 11.6 Å². The number of hydrogen-bond acceptors (Lipinski definition) is 2. The van der Waals surface area contributed by atoms with Gasteiger partial charge in [-0.05, 0) is 31.7 Å². The van der Waals surface area contributed by atoms with Crippen LogP contribution < -0.4 is 0 Å². The fourth-order valence-electron chi connectivity index (χ4n) is 1.49. The van der Waals surface area contributed by atoms with Crippen LogP contribution in [0.1, 0.15) is 39.5 Å². The zero-order valence-electron chi connectivity index (χ0n) is 10.3. The molecule has 15 heavy (non-hydrogen) atoms. The second-order valence-corrected chi connectivity index (χ2v) is 5.35. The Labute approximate surface area is 105 Å². The van der Waals surface area contributed by atoms with E-state index in [0.29, 0.717) is 0 Å². The van der Waals surface area contributed by atoms with Gasteiger partial charge in [0.1, 0.15) is 0 Å². The standard InChI is InChI=1S/C12H26ClNS/c1-3-14(4-2)10-12-15-11-8-6-5-7-9-13/h3-12H2,1-2H3. The quantitative estimate of drug-likeness (QED) is 0.405. The monoisotopic (exact) mass is 251 g/mol. The molecular formula is C12H26ClNS. The normalized spacial score (nSPS) is 11.2. The third-order valence-electron chi connectivity index (χ3n) is 2.62. The lowest BCUT2D eigenvalue weighted by molar-refractivity contribution is 0.324. The van der Waals surface area contributed by atoms with Crippen LogP contribution in [0.4, 0.5) is 0 Å². The van der Waals surface area contributed by atoms with Crippen molar-refractivity contribution >= 4 is 23.4 Å². The first-order valence-corrected chi connectivity index (χ1v) is 7.90. The highest BCUT2D eigenvalue weighted by molar-refractivity contribution is 7.99. The molecule has 0 aromatic heterocycles. The smallest absolute Gasteiger partial charge is 0.0223 e. The first-order valence-electron chi connectivity index (χ1n) is 6.21. The molecule has 1 nitrogen and oxygen atoms in total. The maximum absolute atomic E-state index is 5.62. The van der Waals surface area contributed by atoms with E-state index in [0.717, 1.165) is 5.88 Å². The van der Waals surface area contributed by atoms with Crippen LogP contribution in [0.3, 0.4) is 0 Å². The minimum absolute atomic E-state index is 0.828. The van der Waals surface area contributed by atoms with E-state index in [1.54, 1.807) is 0 Å². The van der Waals surface area contributed by atoms with E-state index < -0.39 is 0 Å². The zero-order valence-corrected chi connectivity index (χ0v) is 11.9. The summed E-state index contributed by atoms with van der Waals surface area (Å²) >= 11 is 7.72. The number of alkyl halides is 1. The predicted molar refractivity (Wildman–Crippen MR) is 74.3 cm³/mol. The molecule has 0 saturated heterocycles. The molecule has 0 saturated carbocycles. The minimum atomic E-state index is 0.828. The molecule has 0 unspecified atom stereocenters. The van der Waals surface area contributed by atoms with Crippen molar-refractivity contribution in [2.24, 2.45) is 0 Å². The van der Waals surface area contributed by atoms with E-state index in [1.165, 1.54) is 56.8 Å². The van der Waals surface area contributed by atoms with E-state index in [4.69, 9.17) is 11.6 Å². The van der Waals surface area contributed by atoms with Crippen LogP contribution in [0.2, 0.25) is 0 Å². The van der Waals surface area contributed by atoms with Gasteiger partial charge in [0.2, 0.25) is 0 Å². The van der Waals surface area contributed by atoms with Gasteiger partial charge in [-0.1, -0.05) is 26.7 Å². The van der Waals surface area contributed by atoms with Crippen molar-refractivity contribution in [3.63, 3.8) is 0 Å². The van der Waals surface area contributed by atoms with Crippen LogP contribution >= 0.6 is 23.4 Å². The number of rotatable bonds is 11. The topological polar surface area (TPSA) is 3.24 Å². The van der Waals surface area contributed by atoms with Crippen LogP contribution in [-0.2, 0) is 0 Å². The average Bonchev–Trinajstić information content (AvgIpc) is 2.27. The van der Waals surface area contributed by atoms with Crippen LogP contribution in [0.15, 0.2) is 0 Å². The number of thioether (sulfide) groups is 1. The maximum atomic E-state index is 5.62. The fourth-order valence-corrected chi connectivity index (χ4v) is 2.68.